The molecule has 2 aromatic rings. The SMILES string of the molecule is CCNCc1ccc(NS(=O)(=O)c2ccccc2)cc1. The highest BCUT2D eigenvalue weighted by atomic mass is 32.2. The molecule has 0 aliphatic rings. The van der Waals surface area contributed by atoms with Gasteiger partial charge in [-0.15, -0.1) is 0 Å². The number of anilines is 1. The molecule has 20 heavy (non-hydrogen) atoms. The van der Waals surface area contributed by atoms with Crippen LogP contribution in [0.5, 0.6) is 0 Å². The van der Waals surface area contributed by atoms with Gasteiger partial charge in [0.15, 0.2) is 0 Å². The Kier molecular flexibility index (Phi) is 4.76. The molecule has 0 heterocycles. The summed E-state index contributed by atoms with van der Waals surface area (Å²) < 4.78 is 26.8. The Morgan fingerprint density at radius 2 is 1.60 bits per heavy atom. The van der Waals surface area contributed by atoms with Gasteiger partial charge in [0.2, 0.25) is 0 Å². The van der Waals surface area contributed by atoms with Gasteiger partial charge in [-0.25, -0.2) is 8.42 Å². The Labute approximate surface area is 119 Å². The third-order valence-corrected chi connectivity index (χ3v) is 4.24. The van der Waals surface area contributed by atoms with Crippen molar-refractivity contribution in [3.8, 4) is 0 Å². The fraction of sp³-hybridized carbons (Fsp3) is 0.200. The maximum atomic E-state index is 12.1. The normalized spacial score (nSPS) is 11.2. The van der Waals surface area contributed by atoms with Crippen molar-refractivity contribution in [2.24, 2.45) is 0 Å². The first-order valence-electron chi connectivity index (χ1n) is 6.49. The van der Waals surface area contributed by atoms with E-state index in [4.69, 9.17) is 0 Å². The molecule has 2 aromatic carbocycles. The lowest BCUT2D eigenvalue weighted by molar-refractivity contribution is 0.601. The molecule has 0 aromatic heterocycles. The summed E-state index contributed by atoms with van der Waals surface area (Å²) in [5, 5.41) is 3.22. The molecule has 0 unspecified atom stereocenters. The molecule has 0 fully saturated rings. The minimum atomic E-state index is -3.51. The average Bonchev–Trinajstić information content (AvgIpc) is 2.47. The molecule has 0 radical (unpaired) electrons. The van der Waals surface area contributed by atoms with Crippen molar-refractivity contribution in [1.29, 1.82) is 0 Å². The van der Waals surface area contributed by atoms with Gasteiger partial charge in [-0.1, -0.05) is 37.3 Å². The molecule has 5 heteroatoms. The van der Waals surface area contributed by atoms with Crippen molar-refractivity contribution in [1.82, 2.24) is 5.32 Å². The Morgan fingerprint density at radius 1 is 0.950 bits per heavy atom. The number of nitrogens with one attached hydrogen (secondary N) is 2. The number of rotatable bonds is 6. The Morgan fingerprint density at radius 3 is 2.20 bits per heavy atom. The van der Waals surface area contributed by atoms with Crippen LogP contribution in [0.4, 0.5) is 5.69 Å². The van der Waals surface area contributed by atoms with Gasteiger partial charge in [0.05, 0.1) is 4.90 Å². The molecule has 0 bridgehead atoms. The molecule has 4 nitrogen and oxygen atoms in total. The smallest absolute Gasteiger partial charge is 0.261 e. The lowest BCUT2D eigenvalue weighted by atomic mass is 10.2. The van der Waals surface area contributed by atoms with Gasteiger partial charge >= 0.3 is 0 Å². The van der Waals surface area contributed by atoms with Crippen molar-refractivity contribution in [3.05, 3.63) is 60.2 Å². The molecule has 2 N–H and O–H groups in total. The standard InChI is InChI=1S/C15H18N2O2S/c1-2-16-12-13-8-10-14(11-9-13)17-20(18,19)15-6-4-3-5-7-15/h3-11,16-17H,2,12H2,1H3. The lowest BCUT2D eigenvalue weighted by Gasteiger charge is -2.09. The van der Waals surface area contributed by atoms with Crippen LogP contribution in [0.15, 0.2) is 59.5 Å². The first-order chi connectivity index (χ1) is 9.62. The van der Waals surface area contributed by atoms with Gasteiger partial charge in [-0.05, 0) is 36.4 Å². The van der Waals surface area contributed by atoms with E-state index in [-0.39, 0.29) is 4.90 Å². The summed E-state index contributed by atoms with van der Waals surface area (Å²) in [6, 6.07) is 15.7. The summed E-state index contributed by atoms with van der Waals surface area (Å²) >= 11 is 0. The van der Waals surface area contributed by atoms with E-state index in [9.17, 15) is 8.42 Å². The van der Waals surface area contributed by atoms with E-state index in [2.05, 4.69) is 10.0 Å². The van der Waals surface area contributed by atoms with Crippen LogP contribution in [0.25, 0.3) is 0 Å². The Bertz CT molecular complexity index is 637. The van der Waals surface area contributed by atoms with E-state index in [1.807, 2.05) is 19.1 Å². The quantitative estimate of drug-likeness (QED) is 0.859. The fourth-order valence-electron chi connectivity index (χ4n) is 1.77. The molecule has 0 atom stereocenters. The van der Waals surface area contributed by atoms with Crippen LogP contribution >= 0.6 is 0 Å². The zero-order chi connectivity index (χ0) is 14.4. The molecule has 0 aliphatic carbocycles. The second-order valence-electron chi connectivity index (χ2n) is 4.40. The summed E-state index contributed by atoms with van der Waals surface area (Å²) in [6.45, 7) is 3.73. The van der Waals surface area contributed by atoms with Crippen LogP contribution in [-0.2, 0) is 16.6 Å². The van der Waals surface area contributed by atoms with Crippen LogP contribution in [-0.4, -0.2) is 15.0 Å². The Hall–Kier alpha value is -1.85. The third-order valence-electron chi connectivity index (χ3n) is 2.84. The molecular weight excluding hydrogens is 272 g/mol. The first-order valence-corrected chi connectivity index (χ1v) is 7.97. The van der Waals surface area contributed by atoms with Gasteiger partial charge in [0.25, 0.3) is 10.0 Å². The molecule has 2 rings (SSSR count). The molecule has 106 valence electrons. The zero-order valence-electron chi connectivity index (χ0n) is 11.3. The van der Waals surface area contributed by atoms with Crippen molar-refractivity contribution in [2.45, 2.75) is 18.4 Å². The summed E-state index contributed by atoms with van der Waals surface area (Å²) in [5.41, 5.74) is 1.68. The van der Waals surface area contributed by atoms with Gasteiger partial charge in [-0.2, -0.15) is 0 Å². The predicted octanol–water partition coefficient (Wildman–Crippen LogP) is 2.60. The molecule has 0 saturated heterocycles. The summed E-state index contributed by atoms with van der Waals surface area (Å²) in [6.07, 6.45) is 0. The van der Waals surface area contributed by atoms with E-state index in [0.717, 1.165) is 18.7 Å². The van der Waals surface area contributed by atoms with E-state index in [1.54, 1.807) is 42.5 Å². The van der Waals surface area contributed by atoms with Crippen molar-refractivity contribution < 1.29 is 8.42 Å². The fourth-order valence-corrected chi connectivity index (χ4v) is 2.85. The van der Waals surface area contributed by atoms with E-state index in [0.29, 0.717) is 5.69 Å². The van der Waals surface area contributed by atoms with Crippen molar-refractivity contribution in [2.75, 3.05) is 11.3 Å². The predicted molar refractivity (Wildman–Crippen MR) is 81.1 cm³/mol. The van der Waals surface area contributed by atoms with E-state index >= 15 is 0 Å². The molecular formula is C15H18N2O2S. The van der Waals surface area contributed by atoms with Crippen molar-refractivity contribution in [3.63, 3.8) is 0 Å². The highest BCUT2D eigenvalue weighted by Crippen LogP contribution is 2.16. The number of benzene rings is 2. The highest BCUT2D eigenvalue weighted by Gasteiger charge is 2.12. The van der Waals surface area contributed by atoms with Crippen LogP contribution in [0.3, 0.4) is 0 Å². The maximum Gasteiger partial charge on any atom is 0.261 e. The molecule has 0 aliphatic heterocycles. The van der Waals surface area contributed by atoms with Crippen molar-refractivity contribution >= 4 is 15.7 Å². The topological polar surface area (TPSA) is 58.2 Å². The zero-order valence-corrected chi connectivity index (χ0v) is 12.2. The average molecular weight is 290 g/mol. The summed E-state index contributed by atoms with van der Waals surface area (Å²) in [4.78, 5) is 0.261. The van der Waals surface area contributed by atoms with Gasteiger partial charge in [-0.3, -0.25) is 4.72 Å². The van der Waals surface area contributed by atoms with Crippen LogP contribution in [0.2, 0.25) is 0 Å². The summed E-state index contributed by atoms with van der Waals surface area (Å²) in [5.74, 6) is 0. The Balaban J connectivity index is 2.10. The molecule has 0 spiro atoms. The summed E-state index contributed by atoms with van der Waals surface area (Å²) in [7, 11) is -3.51. The van der Waals surface area contributed by atoms with Crippen LogP contribution < -0.4 is 10.0 Å². The monoisotopic (exact) mass is 290 g/mol. The third kappa shape index (κ3) is 3.82. The van der Waals surface area contributed by atoms with Crippen LogP contribution in [0.1, 0.15) is 12.5 Å². The molecule has 0 amide bonds. The second-order valence-corrected chi connectivity index (χ2v) is 6.08. The minimum Gasteiger partial charge on any atom is -0.313 e. The van der Waals surface area contributed by atoms with Crippen LogP contribution in [0, 0.1) is 0 Å². The van der Waals surface area contributed by atoms with Gasteiger partial charge in [0.1, 0.15) is 0 Å². The second kappa shape index (κ2) is 6.54. The number of hydrogen-bond acceptors (Lipinski definition) is 3. The van der Waals surface area contributed by atoms with Gasteiger partial charge < -0.3 is 5.32 Å². The molecule has 0 saturated carbocycles. The highest BCUT2D eigenvalue weighted by molar-refractivity contribution is 7.92. The van der Waals surface area contributed by atoms with Gasteiger partial charge in [0, 0.05) is 12.2 Å². The largest absolute Gasteiger partial charge is 0.313 e. The lowest BCUT2D eigenvalue weighted by Crippen LogP contribution is -2.13. The van der Waals surface area contributed by atoms with E-state index < -0.39 is 10.0 Å². The maximum absolute atomic E-state index is 12.1. The van der Waals surface area contributed by atoms with E-state index in [1.165, 1.54) is 0 Å². The minimum absolute atomic E-state index is 0.261. The first kappa shape index (κ1) is 14.6. The number of sulfonamides is 1. The number of hydrogen-bond donors (Lipinski definition) is 2.